The van der Waals surface area contributed by atoms with Crippen molar-refractivity contribution >= 4 is 22.9 Å². The molecule has 1 aromatic heterocycles. The highest BCUT2D eigenvalue weighted by Gasteiger charge is 2.18. The van der Waals surface area contributed by atoms with Crippen LogP contribution < -0.4 is 10.1 Å². The number of thiazole rings is 1. The Morgan fingerprint density at radius 1 is 0.935 bits per heavy atom. The maximum atomic E-state index is 12.9. The Hall–Kier alpha value is -3.44. The molecule has 0 spiro atoms. The number of aryl methyl sites for hydroxylation is 2. The predicted molar refractivity (Wildman–Crippen MR) is 128 cm³/mol. The van der Waals surface area contributed by atoms with Crippen molar-refractivity contribution in [2.45, 2.75) is 20.3 Å². The van der Waals surface area contributed by atoms with Crippen LogP contribution in [0.3, 0.4) is 0 Å². The van der Waals surface area contributed by atoms with Crippen LogP contribution in [0.5, 0.6) is 5.75 Å². The van der Waals surface area contributed by atoms with Crippen molar-refractivity contribution in [2.75, 3.05) is 12.4 Å². The van der Waals surface area contributed by atoms with Crippen molar-refractivity contribution in [3.63, 3.8) is 0 Å². The van der Waals surface area contributed by atoms with E-state index in [1.165, 1.54) is 5.56 Å². The Kier molecular flexibility index (Phi) is 6.14. The Labute approximate surface area is 186 Å². The van der Waals surface area contributed by atoms with Gasteiger partial charge < -0.3 is 10.1 Å². The maximum absolute atomic E-state index is 12.9. The van der Waals surface area contributed by atoms with Gasteiger partial charge in [-0.25, -0.2) is 4.98 Å². The molecule has 0 aliphatic carbocycles. The standard InChI is InChI=1S/C26H24N2O2S/c1-17-9-12-19(13-10-17)25-22(28-26(31-25)20-7-5-4-6-8-20)16-24(29)27-21-15-18(2)11-14-23(21)30-3/h4-15H,16H2,1-3H3,(H,27,29). The molecule has 1 amide bonds. The van der Waals surface area contributed by atoms with Crippen LogP contribution in [0.2, 0.25) is 0 Å². The fourth-order valence-electron chi connectivity index (χ4n) is 3.37. The highest BCUT2D eigenvalue weighted by molar-refractivity contribution is 7.18. The minimum Gasteiger partial charge on any atom is -0.495 e. The molecule has 1 N–H and O–H groups in total. The molecule has 0 bridgehead atoms. The van der Waals surface area contributed by atoms with E-state index >= 15 is 0 Å². The number of carbonyl (C=O) groups excluding carboxylic acids is 1. The first-order chi connectivity index (χ1) is 15.0. The van der Waals surface area contributed by atoms with Crippen molar-refractivity contribution in [3.8, 4) is 26.8 Å². The summed E-state index contributed by atoms with van der Waals surface area (Å²) in [6.45, 7) is 4.05. The Morgan fingerprint density at radius 2 is 1.65 bits per heavy atom. The highest BCUT2D eigenvalue weighted by atomic mass is 32.1. The fraction of sp³-hybridized carbons (Fsp3) is 0.154. The van der Waals surface area contributed by atoms with Crippen LogP contribution in [0.25, 0.3) is 21.0 Å². The summed E-state index contributed by atoms with van der Waals surface area (Å²) >= 11 is 1.61. The maximum Gasteiger partial charge on any atom is 0.230 e. The number of benzene rings is 3. The molecule has 1 heterocycles. The van der Waals surface area contributed by atoms with Gasteiger partial charge in [0.1, 0.15) is 10.8 Å². The van der Waals surface area contributed by atoms with Gasteiger partial charge in [-0.05, 0) is 37.1 Å². The topological polar surface area (TPSA) is 51.2 Å². The van der Waals surface area contributed by atoms with Crippen LogP contribution in [0.15, 0.2) is 72.8 Å². The van der Waals surface area contributed by atoms with Gasteiger partial charge in [-0.15, -0.1) is 11.3 Å². The van der Waals surface area contributed by atoms with Gasteiger partial charge in [0, 0.05) is 5.56 Å². The molecule has 0 fully saturated rings. The van der Waals surface area contributed by atoms with E-state index < -0.39 is 0 Å². The van der Waals surface area contributed by atoms with Crippen LogP contribution in [0, 0.1) is 13.8 Å². The average molecular weight is 429 g/mol. The van der Waals surface area contributed by atoms with Gasteiger partial charge in [0.2, 0.25) is 5.91 Å². The van der Waals surface area contributed by atoms with E-state index in [2.05, 4.69) is 36.5 Å². The van der Waals surface area contributed by atoms with Gasteiger partial charge in [-0.2, -0.15) is 0 Å². The van der Waals surface area contributed by atoms with Crippen LogP contribution in [-0.2, 0) is 11.2 Å². The second-order valence-corrected chi connectivity index (χ2v) is 8.45. The number of anilines is 1. The quantitative estimate of drug-likeness (QED) is 0.393. The lowest BCUT2D eigenvalue weighted by Gasteiger charge is -2.11. The summed E-state index contributed by atoms with van der Waals surface area (Å²) in [5.41, 5.74) is 5.81. The van der Waals surface area contributed by atoms with Gasteiger partial charge in [-0.1, -0.05) is 66.2 Å². The summed E-state index contributed by atoms with van der Waals surface area (Å²) in [5.74, 6) is 0.517. The van der Waals surface area contributed by atoms with Crippen LogP contribution in [0.4, 0.5) is 5.69 Å². The number of aromatic nitrogens is 1. The monoisotopic (exact) mass is 428 g/mol. The molecular weight excluding hydrogens is 404 g/mol. The first-order valence-electron chi connectivity index (χ1n) is 10.1. The number of hydrogen-bond acceptors (Lipinski definition) is 4. The van der Waals surface area contributed by atoms with Gasteiger partial charge in [0.15, 0.2) is 0 Å². The summed E-state index contributed by atoms with van der Waals surface area (Å²) in [6.07, 6.45) is 0.184. The third-order valence-corrected chi connectivity index (χ3v) is 6.18. The minimum atomic E-state index is -0.123. The van der Waals surface area contributed by atoms with Gasteiger partial charge in [0.25, 0.3) is 0 Å². The summed E-state index contributed by atoms with van der Waals surface area (Å²) < 4.78 is 5.39. The molecule has 4 nitrogen and oxygen atoms in total. The number of ether oxygens (including phenoxy) is 1. The molecule has 156 valence electrons. The second-order valence-electron chi connectivity index (χ2n) is 7.46. The summed E-state index contributed by atoms with van der Waals surface area (Å²) in [5, 5.41) is 3.90. The number of nitrogens with one attached hydrogen (secondary N) is 1. The first kappa shape index (κ1) is 20.8. The third-order valence-electron chi connectivity index (χ3n) is 4.99. The molecule has 0 saturated heterocycles. The van der Waals surface area contributed by atoms with Crippen LogP contribution in [-0.4, -0.2) is 18.0 Å². The largest absolute Gasteiger partial charge is 0.495 e. The van der Waals surface area contributed by atoms with E-state index in [-0.39, 0.29) is 12.3 Å². The Balaban J connectivity index is 1.66. The predicted octanol–water partition coefficient (Wildman–Crippen LogP) is 6.28. The average Bonchev–Trinajstić information content (AvgIpc) is 3.18. The number of hydrogen-bond donors (Lipinski definition) is 1. The lowest BCUT2D eigenvalue weighted by atomic mass is 10.1. The van der Waals surface area contributed by atoms with E-state index in [0.29, 0.717) is 11.4 Å². The molecule has 0 aliphatic rings. The number of amides is 1. The van der Waals surface area contributed by atoms with Crippen molar-refractivity contribution in [1.29, 1.82) is 0 Å². The van der Waals surface area contributed by atoms with Gasteiger partial charge >= 0.3 is 0 Å². The molecule has 0 atom stereocenters. The summed E-state index contributed by atoms with van der Waals surface area (Å²) in [6, 6.07) is 24.1. The van der Waals surface area contributed by atoms with Gasteiger partial charge in [0.05, 0.1) is 29.8 Å². The summed E-state index contributed by atoms with van der Waals surface area (Å²) in [7, 11) is 1.60. The van der Waals surface area contributed by atoms with E-state index in [1.54, 1.807) is 18.4 Å². The molecule has 3 aromatic carbocycles. The first-order valence-corrected chi connectivity index (χ1v) is 10.9. The number of methoxy groups -OCH3 is 1. The van der Waals surface area contributed by atoms with Crippen molar-refractivity contribution in [3.05, 3.63) is 89.6 Å². The third kappa shape index (κ3) is 4.84. The lowest BCUT2D eigenvalue weighted by Crippen LogP contribution is -2.15. The van der Waals surface area contributed by atoms with E-state index in [0.717, 1.165) is 32.3 Å². The SMILES string of the molecule is COc1ccc(C)cc1NC(=O)Cc1nc(-c2ccccc2)sc1-c1ccc(C)cc1. The van der Waals surface area contributed by atoms with Crippen LogP contribution >= 0.6 is 11.3 Å². The zero-order valence-electron chi connectivity index (χ0n) is 17.8. The zero-order chi connectivity index (χ0) is 21.8. The van der Waals surface area contributed by atoms with Gasteiger partial charge in [-0.3, -0.25) is 4.79 Å². The molecule has 5 heteroatoms. The van der Waals surface area contributed by atoms with Crippen LogP contribution in [0.1, 0.15) is 16.8 Å². The van der Waals surface area contributed by atoms with E-state index in [1.807, 2.05) is 55.5 Å². The second kappa shape index (κ2) is 9.14. The molecule has 4 rings (SSSR count). The number of carbonyl (C=O) groups is 1. The highest BCUT2D eigenvalue weighted by Crippen LogP contribution is 2.36. The molecular formula is C26H24N2O2S. The van der Waals surface area contributed by atoms with E-state index in [4.69, 9.17) is 9.72 Å². The van der Waals surface area contributed by atoms with Crippen molar-refractivity contribution < 1.29 is 9.53 Å². The Morgan fingerprint density at radius 3 is 2.35 bits per heavy atom. The molecule has 0 aliphatic heterocycles. The summed E-state index contributed by atoms with van der Waals surface area (Å²) in [4.78, 5) is 18.8. The molecule has 4 aromatic rings. The lowest BCUT2D eigenvalue weighted by molar-refractivity contribution is -0.115. The van der Waals surface area contributed by atoms with E-state index in [9.17, 15) is 4.79 Å². The molecule has 31 heavy (non-hydrogen) atoms. The zero-order valence-corrected chi connectivity index (χ0v) is 18.6. The van der Waals surface area contributed by atoms with Crippen molar-refractivity contribution in [1.82, 2.24) is 4.98 Å². The molecule has 0 radical (unpaired) electrons. The molecule has 0 saturated carbocycles. The normalized spacial score (nSPS) is 10.7. The number of nitrogens with zero attached hydrogens (tertiary/aromatic N) is 1. The smallest absolute Gasteiger partial charge is 0.230 e. The van der Waals surface area contributed by atoms with Crippen molar-refractivity contribution in [2.24, 2.45) is 0 Å². The fourth-order valence-corrected chi connectivity index (χ4v) is 4.46. The number of rotatable bonds is 6. The minimum absolute atomic E-state index is 0.123. The Bertz CT molecular complexity index is 1200. The molecule has 0 unspecified atom stereocenters.